The van der Waals surface area contributed by atoms with Crippen molar-refractivity contribution in [2.75, 3.05) is 0 Å². The van der Waals surface area contributed by atoms with Crippen LogP contribution in [0.5, 0.6) is 0 Å². The molecular weight excluding hydrogens is 242 g/mol. The van der Waals surface area contributed by atoms with Crippen molar-refractivity contribution in [3.8, 4) is 0 Å². The lowest BCUT2D eigenvalue weighted by Crippen LogP contribution is -2.37. The van der Waals surface area contributed by atoms with Crippen molar-refractivity contribution in [2.24, 2.45) is 11.7 Å². The van der Waals surface area contributed by atoms with Crippen molar-refractivity contribution >= 4 is 34.5 Å². The van der Waals surface area contributed by atoms with E-state index in [-0.39, 0.29) is 16.8 Å². The first-order valence-electron chi connectivity index (χ1n) is 5.09. The molecule has 1 atom stereocenters. The normalized spacial score (nSPS) is 12.1. The van der Waals surface area contributed by atoms with Crippen LogP contribution >= 0.6 is 23.6 Å². The minimum absolute atomic E-state index is 0.0947. The number of aromatic nitrogens is 1. The van der Waals surface area contributed by atoms with Gasteiger partial charge in [0.2, 0.25) is 5.91 Å². The molecule has 1 aromatic heterocycles. The highest BCUT2D eigenvalue weighted by atomic mass is 32.1. The summed E-state index contributed by atoms with van der Waals surface area (Å²) in [5, 5.41) is 2.82. The maximum atomic E-state index is 11.8. The van der Waals surface area contributed by atoms with Gasteiger partial charge in [-0.05, 0) is 6.42 Å². The summed E-state index contributed by atoms with van der Waals surface area (Å²) in [6.45, 7) is 2.49. The van der Waals surface area contributed by atoms with Crippen LogP contribution in [-0.4, -0.2) is 15.9 Å². The number of thiocarbonyl (C=S) groups is 1. The van der Waals surface area contributed by atoms with Crippen molar-refractivity contribution in [3.63, 3.8) is 0 Å². The molecule has 0 radical (unpaired) electrons. The van der Waals surface area contributed by atoms with E-state index in [2.05, 4.69) is 10.3 Å². The van der Waals surface area contributed by atoms with Gasteiger partial charge in [-0.1, -0.05) is 25.6 Å². The summed E-state index contributed by atoms with van der Waals surface area (Å²) in [5.41, 5.74) is 7.27. The molecular formula is C10H15N3OS2. The molecule has 4 nitrogen and oxygen atoms in total. The van der Waals surface area contributed by atoms with Crippen LogP contribution in [0.3, 0.4) is 0 Å². The Balaban J connectivity index is 2.46. The summed E-state index contributed by atoms with van der Waals surface area (Å²) in [4.78, 5) is 17.0. The van der Waals surface area contributed by atoms with Gasteiger partial charge in [0.25, 0.3) is 0 Å². The van der Waals surface area contributed by atoms with E-state index in [1.807, 2.05) is 6.92 Å². The van der Waals surface area contributed by atoms with Gasteiger partial charge in [0.05, 0.1) is 23.0 Å². The zero-order chi connectivity index (χ0) is 12.0. The standard InChI is InChI=1S/C10H15N3OS2/c1-2-3-8(9(11)15)10(14)13-5-7-4-12-6-16-7/h4,6,8H,2-3,5H2,1H3,(H2,11,15)(H,13,14). The Morgan fingerprint density at radius 2 is 2.50 bits per heavy atom. The van der Waals surface area contributed by atoms with Crippen LogP contribution in [0.2, 0.25) is 0 Å². The van der Waals surface area contributed by atoms with Crippen molar-refractivity contribution in [2.45, 2.75) is 26.3 Å². The van der Waals surface area contributed by atoms with Gasteiger partial charge in [-0.3, -0.25) is 9.78 Å². The minimum atomic E-state index is -0.354. The zero-order valence-corrected chi connectivity index (χ0v) is 10.7. The second-order valence-electron chi connectivity index (χ2n) is 3.43. The van der Waals surface area contributed by atoms with Gasteiger partial charge in [0.1, 0.15) is 0 Å². The molecule has 1 aromatic rings. The van der Waals surface area contributed by atoms with Crippen molar-refractivity contribution < 1.29 is 4.79 Å². The predicted molar refractivity (Wildman–Crippen MR) is 69.1 cm³/mol. The fraction of sp³-hybridized carbons (Fsp3) is 0.500. The molecule has 0 aromatic carbocycles. The van der Waals surface area contributed by atoms with E-state index >= 15 is 0 Å². The van der Waals surface area contributed by atoms with Crippen LogP contribution in [-0.2, 0) is 11.3 Å². The number of nitrogens with one attached hydrogen (secondary N) is 1. The third kappa shape index (κ3) is 3.86. The largest absolute Gasteiger partial charge is 0.393 e. The molecule has 1 amide bonds. The van der Waals surface area contributed by atoms with Crippen molar-refractivity contribution in [1.29, 1.82) is 0 Å². The first-order chi connectivity index (χ1) is 7.65. The second-order valence-corrected chi connectivity index (χ2v) is 4.87. The van der Waals surface area contributed by atoms with Crippen LogP contribution in [0, 0.1) is 5.92 Å². The van der Waals surface area contributed by atoms with Crippen LogP contribution in [0.15, 0.2) is 11.7 Å². The summed E-state index contributed by atoms with van der Waals surface area (Å²) < 4.78 is 0. The van der Waals surface area contributed by atoms with Crippen LogP contribution in [0.4, 0.5) is 0 Å². The molecule has 0 saturated carbocycles. The SMILES string of the molecule is CCCC(C(=O)NCc1cncs1)C(N)=S. The van der Waals surface area contributed by atoms with Gasteiger partial charge >= 0.3 is 0 Å². The van der Waals surface area contributed by atoms with Crippen molar-refractivity contribution in [3.05, 3.63) is 16.6 Å². The highest BCUT2D eigenvalue weighted by Crippen LogP contribution is 2.09. The molecule has 0 saturated heterocycles. The van der Waals surface area contributed by atoms with Gasteiger partial charge in [-0.2, -0.15) is 0 Å². The Hall–Kier alpha value is -1.01. The molecule has 0 bridgehead atoms. The van der Waals surface area contributed by atoms with E-state index in [9.17, 15) is 4.79 Å². The van der Waals surface area contributed by atoms with E-state index in [1.165, 1.54) is 11.3 Å². The predicted octanol–water partition coefficient (Wildman–Crippen LogP) is 1.46. The average Bonchev–Trinajstić information content (AvgIpc) is 2.75. The molecule has 0 aliphatic carbocycles. The fourth-order valence-electron chi connectivity index (χ4n) is 1.32. The molecule has 1 heterocycles. The van der Waals surface area contributed by atoms with Crippen molar-refractivity contribution in [1.82, 2.24) is 10.3 Å². The van der Waals surface area contributed by atoms with E-state index < -0.39 is 0 Å². The fourth-order valence-corrected chi connectivity index (χ4v) is 2.08. The van der Waals surface area contributed by atoms with Gasteiger partial charge in [0.15, 0.2) is 0 Å². The summed E-state index contributed by atoms with van der Waals surface area (Å²) in [5.74, 6) is -0.448. The molecule has 3 N–H and O–H groups in total. The maximum absolute atomic E-state index is 11.8. The molecule has 0 aliphatic heterocycles. The van der Waals surface area contributed by atoms with Gasteiger partial charge in [0, 0.05) is 11.1 Å². The Labute approximate surface area is 104 Å². The Kier molecular flexibility index (Phi) is 5.34. The number of carbonyl (C=O) groups is 1. The van der Waals surface area contributed by atoms with E-state index in [0.717, 1.165) is 11.3 Å². The van der Waals surface area contributed by atoms with Crippen LogP contribution in [0.1, 0.15) is 24.6 Å². The average molecular weight is 257 g/mol. The first kappa shape index (κ1) is 13.1. The van der Waals surface area contributed by atoms with E-state index in [1.54, 1.807) is 11.7 Å². The number of carbonyl (C=O) groups excluding carboxylic acids is 1. The lowest BCUT2D eigenvalue weighted by atomic mass is 10.0. The van der Waals surface area contributed by atoms with Gasteiger partial charge in [-0.25, -0.2) is 0 Å². The zero-order valence-electron chi connectivity index (χ0n) is 9.10. The molecule has 0 aliphatic rings. The number of hydrogen-bond donors (Lipinski definition) is 2. The summed E-state index contributed by atoms with van der Waals surface area (Å²) >= 11 is 6.39. The topological polar surface area (TPSA) is 68.0 Å². The molecule has 1 rings (SSSR count). The van der Waals surface area contributed by atoms with Crippen LogP contribution < -0.4 is 11.1 Å². The Morgan fingerprint density at radius 1 is 1.75 bits per heavy atom. The maximum Gasteiger partial charge on any atom is 0.230 e. The molecule has 88 valence electrons. The quantitative estimate of drug-likeness (QED) is 0.757. The molecule has 0 fully saturated rings. The second kappa shape index (κ2) is 6.55. The smallest absolute Gasteiger partial charge is 0.230 e. The molecule has 0 spiro atoms. The number of nitrogens with two attached hydrogens (primary N) is 1. The lowest BCUT2D eigenvalue weighted by molar-refractivity contribution is -0.123. The number of rotatable bonds is 6. The summed E-state index contributed by atoms with van der Waals surface area (Å²) in [6, 6.07) is 0. The van der Waals surface area contributed by atoms with E-state index in [0.29, 0.717) is 13.0 Å². The first-order valence-corrected chi connectivity index (χ1v) is 6.38. The van der Waals surface area contributed by atoms with E-state index in [4.69, 9.17) is 18.0 Å². The highest BCUT2D eigenvalue weighted by Gasteiger charge is 2.19. The molecule has 6 heteroatoms. The van der Waals surface area contributed by atoms with Crippen LogP contribution in [0.25, 0.3) is 0 Å². The third-order valence-electron chi connectivity index (χ3n) is 2.16. The number of thiazole rings is 1. The van der Waals surface area contributed by atoms with Gasteiger partial charge in [-0.15, -0.1) is 11.3 Å². The third-order valence-corrected chi connectivity index (χ3v) is 3.22. The number of hydrogen-bond acceptors (Lipinski definition) is 4. The molecule has 16 heavy (non-hydrogen) atoms. The molecule has 1 unspecified atom stereocenters. The summed E-state index contributed by atoms with van der Waals surface area (Å²) in [7, 11) is 0. The Morgan fingerprint density at radius 3 is 3.00 bits per heavy atom. The Bertz CT molecular complexity index is 351. The number of amides is 1. The minimum Gasteiger partial charge on any atom is -0.393 e. The number of nitrogens with zero attached hydrogens (tertiary/aromatic N) is 1. The highest BCUT2D eigenvalue weighted by molar-refractivity contribution is 7.80. The van der Waals surface area contributed by atoms with Gasteiger partial charge < -0.3 is 11.1 Å². The lowest BCUT2D eigenvalue weighted by Gasteiger charge is -2.13. The monoisotopic (exact) mass is 257 g/mol. The summed E-state index contributed by atoms with van der Waals surface area (Å²) in [6.07, 6.45) is 3.32.